The fraction of sp³-hybridized carbons (Fsp3) is 0.333. The van der Waals surface area contributed by atoms with E-state index in [9.17, 15) is 4.39 Å². The maximum Gasteiger partial charge on any atom is 0.137 e. The summed E-state index contributed by atoms with van der Waals surface area (Å²) in [6.45, 7) is 1.97. The Morgan fingerprint density at radius 1 is 1.58 bits per heavy atom. The largest absolute Gasteiger partial charge is 0.324 e. The van der Waals surface area contributed by atoms with Crippen LogP contribution in [0.15, 0.2) is 22.7 Å². The van der Waals surface area contributed by atoms with Crippen molar-refractivity contribution in [1.29, 1.82) is 0 Å². The standard InChI is InChI=1S/C9H11BrFN/c1-2-8(12)6-4-3-5-7(11)9(6)10/h3-5,8H,2,12H2,1H3. The van der Waals surface area contributed by atoms with Crippen LogP contribution in [0.3, 0.4) is 0 Å². The molecule has 1 rings (SSSR count). The number of hydrogen-bond acceptors (Lipinski definition) is 1. The van der Waals surface area contributed by atoms with Gasteiger partial charge in [0.2, 0.25) is 0 Å². The van der Waals surface area contributed by atoms with Crippen molar-refractivity contribution in [1.82, 2.24) is 0 Å². The molecule has 0 spiro atoms. The minimum absolute atomic E-state index is 0.0879. The van der Waals surface area contributed by atoms with Crippen LogP contribution in [0.4, 0.5) is 4.39 Å². The van der Waals surface area contributed by atoms with Crippen molar-refractivity contribution in [2.24, 2.45) is 5.73 Å². The van der Waals surface area contributed by atoms with Gasteiger partial charge >= 0.3 is 0 Å². The van der Waals surface area contributed by atoms with Gasteiger partial charge in [0.25, 0.3) is 0 Å². The highest BCUT2D eigenvalue weighted by Gasteiger charge is 2.10. The molecule has 0 fully saturated rings. The van der Waals surface area contributed by atoms with Gasteiger partial charge in [-0.05, 0) is 34.0 Å². The molecule has 0 saturated carbocycles. The van der Waals surface area contributed by atoms with Gasteiger partial charge in [0.05, 0.1) is 4.47 Å². The lowest BCUT2D eigenvalue weighted by molar-refractivity contribution is 0.608. The van der Waals surface area contributed by atoms with E-state index >= 15 is 0 Å². The number of halogens is 2. The average molecular weight is 232 g/mol. The Balaban J connectivity index is 3.07. The first-order valence-electron chi connectivity index (χ1n) is 3.86. The highest BCUT2D eigenvalue weighted by atomic mass is 79.9. The topological polar surface area (TPSA) is 26.0 Å². The van der Waals surface area contributed by atoms with E-state index in [-0.39, 0.29) is 11.9 Å². The Morgan fingerprint density at radius 2 is 2.25 bits per heavy atom. The molecule has 1 unspecified atom stereocenters. The molecule has 0 heterocycles. The van der Waals surface area contributed by atoms with Gasteiger partial charge in [-0.25, -0.2) is 4.39 Å². The Hall–Kier alpha value is -0.410. The van der Waals surface area contributed by atoms with Crippen LogP contribution >= 0.6 is 15.9 Å². The van der Waals surface area contributed by atoms with Crippen molar-refractivity contribution in [2.45, 2.75) is 19.4 Å². The third kappa shape index (κ3) is 1.84. The van der Waals surface area contributed by atoms with E-state index in [1.165, 1.54) is 6.07 Å². The Morgan fingerprint density at radius 3 is 2.83 bits per heavy atom. The molecule has 2 N–H and O–H groups in total. The van der Waals surface area contributed by atoms with Crippen LogP contribution < -0.4 is 5.73 Å². The monoisotopic (exact) mass is 231 g/mol. The zero-order chi connectivity index (χ0) is 9.14. The molecular formula is C9H11BrFN. The minimum Gasteiger partial charge on any atom is -0.324 e. The first-order chi connectivity index (χ1) is 5.66. The number of hydrogen-bond donors (Lipinski definition) is 1. The molecule has 0 amide bonds. The van der Waals surface area contributed by atoms with E-state index in [1.54, 1.807) is 6.07 Å². The van der Waals surface area contributed by atoms with E-state index < -0.39 is 0 Å². The van der Waals surface area contributed by atoms with Gasteiger partial charge in [-0.3, -0.25) is 0 Å². The molecule has 0 bridgehead atoms. The van der Waals surface area contributed by atoms with Gasteiger partial charge < -0.3 is 5.73 Å². The van der Waals surface area contributed by atoms with Crippen LogP contribution in [0.5, 0.6) is 0 Å². The predicted octanol–water partition coefficient (Wildman–Crippen LogP) is 3.00. The molecule has 1 nitrogen and oxygen atoms in total. The molecule has 3 heteroatoms. The van der Waals surface area contributed by atoms with Gasteiger partial charge in [-0.1, -0.05) is 19.1 Å². The highest BCUT2D eigenvalue weighted by molar-refractivity contribution is 9.10. The molecule has 0 aliphatic rings. The first kappa shape index (κ1) is 9.68. The molecule has 0 aromatic heterocycles. The molecule has 0 aliphatic heterocycles. The molecule has 12 heavy (non-hydrogen) atoms. The van der Waals surface area contributed by atoms with Crippen molar-refractivity contribution in [2.75, 3.05) is 0 Å². The molecule has 1 aromatic rings. The fourth-order valence-electron chi connectivity index (χ4n) is 1.03. The van der Waals surface area contributed by atoms with E-state index in [0.29, 0.717) is 4.47 Å². The molecule has 1 aromatic carbocycles. The van der Waals surface area contributed by atoms with Crippen molar-refractivity contribution >= 4 is 15.9 Å². The fourth-order valence-corrected chi connectivity index (χ4v) is 1.59. The number of nitrogens with two attached hydrogens (primary N) is 1. The van der Waals surface area contributed by atoms with Crippen LogP contribution in [0.25, 0.3) is 0 Å². The Labute approximate surface area is 79.9 Å². The normalized spacial score (nSPS) is 13.0. The molecule has 1 atom stereocenters. The summed E-state index contributed by atoms with van der Waals surface area (Å²) >= 11 is 3.17. The maximum atomic E-state index is 13.0. The van der Waals surface area contributed by atoms with Crippen LogP contribution in [0, 0.1) is 5.82 Å². The van der Waals surface area contributed by atoms with Crippen LogP contribution in [-0.4, -0.2) is 0 Å². The van der Waals surface area contributed by atoms with Crippen LogP contribution in [-0.2, 0) is 0 Å². The lowest BCUT2D eigenvalue weighted by atomic mass is 10.1. The van der Waals surface area contributed by atoms with Gasteiger partial charge in [0.15, 0.2) is 0 Å². The summed E-state index contributed by atoms with van der Waals surface area (Å²) in [6.07, 6.45) is 0.808. The molecule has 0 aliphatic carbocycles. The smallest absolute Gasteiger partial charge is 0.137 e. The van der Waals surface area contributed by atoms with Crippen LogP contribution in [0.2, 0.25) is 0 Å². The van der Waals surface area contributed by atoms with Crippen molar-refractivity contribution in [3.05, 3.63) is 34.1 Å². The lowest BCUT2D eigenvalue weighted by Crippen LogP contribution is -2.09. The number of benzene rings is 1. The summed E-state index contributed by atoms with van der Waals surface area (Å²) in [5.41, 5.74) is 6.60. The number of rotatable bonds is 2. The second-order valence-corrected chi connectivity index (χ2v) is 3.45. The van der Waals surface area contributed by atoms with Crippen molar-refractivity contribution in [3.63, 3.8) is 0 Å². The second kappa shape index (κ2) is 4.01. The Bertz CT molecular complexity index is 275. The summed E-state index contributed by atoms with van der Waals surface area (Å²) in [7, 11) is 0. The van der Waals surface area contributed by atoms with Gasteiger partial charge in [0, 0.05) is 6.04 Å². The summed E-state index contributed by atoms with van der Waals surface area (Å²) in [5.74, 6) is -0.253. The highest BCUT2D eigenvalue weighted by Crippen LogP contribution is 2.25. The van der Waals surface area contributed by atoms with Gasteiger partial charge in [0.1, 0.15) is 5.82 Å². The Kier molecular flexibility index (Phi) is 3.23. The third-order valence-corrected chi connectivity index (χ3v) is 2.66. The van der Waals surface area contributed by atoms with Crippen molar-refractivity contribution < 1.29 is 4.39 Å². The summed E-state index contributed by atoms with van der Waals surface area (Å²) in [6, 6.07) is 4.83. The van der Waals surface area contributed by atoms with E-state index in [0.717, 1.165) is 12.0 Å². The SMILES string of the molecule is CCC(N)c1cccc(F)c1Br. The molecular weight excluding hydrogens is 221 g/mol. The van der Waals surface area contributed by atoms with Gasteiger partial charge in [-0.15, -0.1) is 0 Å². The maximum absolute atomic E-state index is 13.0. The van der Waals surface area contributed by atoms with Crippen molar-refractivity contribution in [3.8, 4) is 0 Å². The molecule has 0 radical (unpaired) electrons. The molecule has 66 valence electrons. The van der Waals surface area contributed by atoms with Crippen LogP contribution in [0.1, 0.15) is 24.9 Å². The summed E-state index contributed by atoms with van der Waals surface area (Å²) in [4.78, 5) is 0. The van der Waals surface area contributed by atoms with E-state index in [1.807, 2.05) is 13.0 Å². The third-order valence-electron chi connectivity index (χ3n) is 1.82. The lowest BCUT2D eigenvalue weighted by Gasteiger charge is -2.11. The summed E-state index contributed by atoms with van der Waals surface area (Å²) in [5, 5.41) is 0. The summed E-state index contributed by atoms with van der Waals surface area (Å²) < 4.78 is 13.5. The minimum atomic E-state index is -0.253. The zero-order valence-electron chi connectivity index (χ0n) is 6.85. The molecule has 0 saturated heterocycles. The predicted molar refractivity (Wildman–Crippen MR) is 51.3 cm³/mol. The van der Waals surface area contributed by atoms with Gasteiger partial charge in [-0.2, -0.15) is 0 Å². The quantitative estimate of drug-likeness (QED) is 0.833. The first-order valence-corrected chi connectivity index (χ1v) is 4.65. The zero-order valence-corrected chi connectivity index (χ0v) is 8.44. The van der Waals surface area contributed by atoms with E-state index in [4.69, 9.17) is 5.73 Å². The average Bonchev–Trinajstić information content (AvgIpc) is 2.08. The van der Waals surface area contributed by atoms with E-state index in [2.05, 4.69) is 15.9 Å². The second-order valence-electron chi connectivity index (χ2n) is 2.66.